The third-order valence-corrected chi connectivity index (χ3v) is 2.00. The summed E-state index contributed by atoms with van der Waals surface area (Å²) >= 11 is 0. The zero-order chi connectivity index (χ0) is 9.40. The Hall–Kier alpha value is -0.780. The first-order valence-corrected chi connectivity index (χ1v) is 4.70. The number of hydrogen-bond acceptors (Lipinski definition) is 0. The molecule has 0 aliphatic heterocycles. The van der Waals surface area contributed by atoms with Crippen molar-refractivity contribution in [3.63, 3.8) is 0 Å². The van der Waals surface area contributed by atoms with Gasteiger partial charge in [0.2, 0.25) is 0 Å². The van der Waals surface area contributed by atoms with Gasteiger partial charge >= 0.3 is 0 Å². The van der Waals surface area contributed by atoms with Gasteiger partial charge in [0.15, 0.2) is 0 Å². The van der Waals surface area contributed by atoms with Crippen LogP contribution in [-0.4, -0.2) is 0 Å². The highest BCUT2D eigenvalue weighted by molar-refractivity contribution is 5.29. The standard InChI is InChI=1S/C12H20/c1-5-8-10-11(4)12(7-3)9-6-2/h6-7H,2,4-5,8-10H2,1,3H3/b12-7+. The van der Waals surface area contributed by atoms with Crippen LogP contribution in [0, 0.1) is 0 Å². The lowest BCUT2D eigenvalue weighted by Crippen LogP contribution is -1.87. The maximum atomic E-state index is 4.07. The minimum absolute atomic E-state index is 0.957. The maximum absolute atomic E-state index is 4.07. The van der Waals surface area contributed by atoms with E-state index in [4.69, 9.17) is 0 Å². The number of allylic oxidation sites excluding steroid dienone is 4. The first-order valence-electron chi connectivity index (χ1n) is 4.70. The van der Waals surface area contributed by atoms with Crippen molar-refractivity contribution in [2.45, 2.75) is 39.5 Å². The lowest BCUT2D eigenvalue weighted by molar-refractivity contribution is 0.790. The van der Waals surface area contributed by atoms with Gasteiger partial charge in [0.05, 0.1) is 0 Å². The summed E-state index contributed by atoms with van der Waals surface area (Å²) in [6.45, 7) is 12.1. The van der Waals surface area contributed by atoms with Crippen LogP contribution < -0.4 is 0 Å². The molecule has 0 heterocycles. The van der Waals surface area contributed by atoms with Gasteiger partial charge in [-0.15, -0.1) is 6.58 Å². The molecule has 0 N–H and O–H groups in total. The number of rotatable bonds is 6. The minimum Gasteiger partial charge on any atom is -0.103 e. The highest BCUT2D eigenvalue weighted by Gasteiger charge is 1.98. The molecule has 0 unspecified atom stereocenters. The summed E-state index contributed by atoms with van der Waals surface area (Å²) in [6.07, 6.45) is 8.65. The average molecular weight is 164 g/mol. The number of unbranched alkanes of at least 4 members (excludes halogenated alkanes) is 1. The Morgan fingerprint density at radius 1 is 1.42 bits per heavy atom. The smallest absolute Gasteiger partial charge is 0.0101 e. The second kappa shape index (κ2) is 6.90. The first kappa shape index (κ1) is 11.2. The topological polar surface area (TPSA) is 0 Å². The van der Waals surface area contributed by atoms with Crippen LogP contribution in [0.25, 0.3) is 0 Å². The summed E-state index contributed by atoms with van der Waals surface area (Å²) in [4.78, 5) is 0. The van der Waals surface area contributed by atoms with Crippen LogP contribution in [0.4, 0.5) is 0 Å². The van der Waals surface area contributed by atoms with Crippen LogP contribution >= 0.6 is 0 Å². The Morgan fingerprint density at radius 3 is 2.50 bits per heavy atom. The SMILES string of the molecule is C=CC/C(=C\C)C(=C)CCCC. The summed E-state index contributed by atoms with van der Waals surface area (Å²) in [5.41, 5.74) is 2.62. The van der Waals surface area contributed by atoms with E-state index in [0.29, 0.717) is 0 Å². The molecule has 0 nitrogen and oxygen atoms in total. The summed E-state index contributed by atoms with van der Waals surface area (Å²) < 4.78 is 0. The Morgan fingerprint density at radius 2 is 2.08 bits per heavy atom. The molecule has 0 aliphatic rings. The van der Waals surface area contributed by atoms with E-state index in [0.717, 1.165) is 12.8 Å². The minimum atomic E-state index is 0.957. The highest BCUT2D eigenvalue weighted by Crippen LogP contribution is 2.18. The largest absolute Gasteiger partial charge is 0.103 e. The van der Waals surface area contributed by atoms with Crippen molar-refractivity contribution in [2.75, 3.05) is 0 Å². The van der Waals surface area contributed by atoms with Gasteiger partial charge in [0.1, 0.15) is 0 Å². The van der Waals surface area contributed by atoms with Gasteiger partial charge in [0, 0.05) is 0 Å². The molecule has 0 saturated carbocycles. The highest BCUT2D eigenvalue weighted by atomic mass is 14.0. The predicted octanol–water partition coefficient (Wildman–Crippen LogP) is 4.26. The zero-order valence-corrected chi connectivity index (χ0v) is 8.40. The van der Waals surface area contributed by atoms with E-state index in [9.17, 15) is 0 Å². The Kier molecular flexibility index (Phi) is 6.45. The van der Waals surface area contributed by atoms with Gasteiger partial charge in [-0.3, -0.25) is 0 Å². The molecular weight excluding hydrogens is 144 g/mol. The van der Waals surface area contributed by atoms with Crippen LogP contribution in [0.3, 0.4) is 0 Å². The fourth-order valence-corrected chi connectivity index (χ4v) is 1.17. The molecule has 0 atom stereocenters. The summed E-state index contributed by atoms with van der Waals surface area (Å²) in [7, 11) is 0. The van der Waals surface area contributed by atoms with E-state index in [2.05, 4.69) is 33.1 Å². The molecular formula is C12H20. The van der Waals surface area contributed by atoms with Gasteiger partial charge in [-0.25, -0.2) is 0 Å². The molecule has 0 heteroatoms. The van der Waals surface area contributed by atoms with E-state index in [1.807, 2.05) is 6.08 Å². The van der Waals surface area contributed by atoms with E-state index in [-0.39, 0.29) is 0 Å². The van der Waals surface area contributed by atoms with Crippen LogP contribution in [0.1, 0.15) is 39.5 Å². The van der Waals surface area contributed by atoms with Gasteiger partial charge in [-0.05, 0) is 31.8 Å². The molecule has 0 radical (unpaired) electrons. The number of hydrogen-bond donors (Lipinski definition) is 0. The molecule has 0 aromatic carbocycles. The molecule has 0 bridgehead atoms. The second-order valence-corrected chi connectivity index (χ2v) is 3.01. The molecule has 0 aromatic heterocycles. The van der Waals surface area contributed by atoms with E-state index in [1.165, 1.54) is 24.0 Å². The Balaban J connectivity index is 3.95. The van der Waals surface area contributed by atoms with E-state index in [1.54, 1.807) is 0 Å². The van der Waals surface area contributed by atoms with Crippen molar-refractivity contribution in [3.05, 3.63) is 36.5 Å². The lowest BCUT2D eigenvalue weighted by atomic mass is 9.99. The molecule has 0 saturated heterocycles. The molecule has 0 spiro atoms. The molecule has 68 valence electrons. The van der Waals surface area contributed by atoms with Crippen molar-refractivity contribution in [1.82, 2.24) is 0 Å². The van der Waals surface area contributed by atoms with E-state index < -0.39 is 0 Å². The fraction of sp³-hybridized carbons (Fsp3) is 0.500. The normalized spacial score (nSPS) is 11.3. The summed E-state index contributed by atoms with van der Waals surface area (Å²) in [6, 6.07) is 0. The van der Waals surface area contributed by atoms with Crippen LogP contribution in [0.2, 0.25) is 0 Å². The van der Waals surface area contributed by atoms with Gasteiger partial charge in [-0.2, -0.15) is 0 Å². The van der Waals surface area contributed by atoms with Crippen LogP contribution in [-0.2, 0) is 0 Å². The van der Waals surface area contributed by atoms with Crippen LogP contribution in [0.15, 0.2) is 36.5 Å². The van der Waals surface area contributed by atoms with Crippen molar-refractivity contribution in [3.8, 4) is 0 Å². The molecule has 0 rings (SSSR count). The second-order valence-electron chi connectivity index (χ2n) is 3.01. The summed E-state index contributed by atoms with van der Waals surface area (Å²) in [5.74, 6) is 0. The van der Waals surface area contributed by atoms with Crippen molar-refractivity contribution in [1.29, 1.82) is 0 Å². The van der Waals surface area contributed by atoms with Crippen molar-refractivity contribution >= 4 is 0 Å². The molecule has 0 aromatic rings. The fourth-order valence-electron chi connectivity index (χ4n) is 1.17. The zero-order valence-electron chi connectivity index (χ0n) is 8.40. The third kappa shape index (κ3) is 4.17. The third-order valence-electron chi connectivity index (χ3n) is 2.00. The Bertz CT molecular complexity index is 172. The molecule has 12 heavy (non-hydrogen) atoms. The molecule has 0 amide bonds. The predicted molar refractivity (Wildman–Crippen MR) is 57.2 cm³/mol. The summed E-state index contributed by atoms with van der Waals surface area (Å²) in [5, 5.41) is 0. The molecule has 0 fully saturated rings. The maximum Gasteiger partial charge on any atom is -0.0101 e. The van der Waals surface area contributed by atoms with Gasteiger partial charge < -0.3 is 0 Å². The van der Waals surface area contributed by atoms with Crippen molar-refractivity contribution < 1.29 is 0 Å². The molecule has 0 aliphatic carbocycles. The lowest BCUT2D eigenvalue weighted by Gasteiger charge is -2.07. The average Bonchev–Trinajstić information content (AvgIpc) is 2.10. The Labute approximate surface area is 76.7 Å². The quantitative estimate of drug-likeness (QED) is 0.406. The van der Waals surface area contributed by atoms with Crippen molar-refractivity contribution in [2.24, 2.45) is 0 Å². The first-order chi connectivity index (χ1) is 5.76. The monoisotopic (exact) mass is 164 g/mol. The van der Waals surface area contributed by atoms with Gasteiger partial charge in [-0.1, -0.05) is 37.6 Å². The van der Waals surface area contributed by atoms with Crippen LogP contribution in [0.5, 0.6) is 0 Å². The van der Waals surface area contributed by atoms with Gasteiger partial charge in [0.25, 0.3) is 0 Å². The van der Waals surface area contributed by atoms with E-state index >= 15 is 0 Å².